The maximum Gasteiger partial charge on any atom is 0.269 e. The number of non-ortho nitro benzene ring substituents is 1. The van der Waals surface area contributed by atoms with Crippen molar-refractivity contribution in [1.82, 2.24) is 4.98 Å². The second-order valence-electron chi connectivity index (χ2n) is 4.64. The number of nitro groups is 1. The van der Waals surface area contributed by atoms with Gasteiger partial charge < -0.3 is 5.32 Å². The third-order valence-corrected chi connectivity index (χ3v) is 3.30. The molecule has 1 N–H and O–H groups in total. The first-order chi connectivity index (χ1) is 10.2. The van der Waals surface area contributed by atoms with Gasteiger partial charge in [-0.25, -0.2) is 0 Å². The van der Waals surface area contributed by atoms with E-state index in [9.17, 15) is 10.1 Å². The monoisotopic (exact) mass is 279 g/mol. The number of hydrogen-bond acceptors (Lipinski definition) is 4. The molecule has 0 unspecified atom stereocenters. The highest BCUT2D eigenvalue weighted by molar-refractivity contribution is 5.82. The van der Waals surface area contributed by atoms with Gasteiger partial charge in [0.2, 0.25) is 0 Å². The smallest absolute Gasteiger partial charge is 0.269 e. The van der Waals surface area contributed by atoms with Gasteiger partial charge >= 0.3 is 0 Å². The van der Waals surface area contributed by atoms with Crippen molar-refractivity contribution in [2.45, 2.75) is 6.54 Å². The summed E-state index contributed by atoms with van der Waals surface area (Å²) in [5, 5.41) is 15.0. The topological polar surface area (TPSA) is 68.1 Å². The van der Waals surface area contributed by atoms with Crippen molar-refractivity contribution in [3.05, 3.63) is 76.5 Å². The Bertz CT molecular complexity index is 780. The Kier molecular flexibility index (Phi) is 3.47. The van der Waals surface area contributed by atoms with Crippen molar-refractivity contribution in [2.24, 2.45) is 0 Å². The molecule has 0 aliphatic carbocycles. The molecular formula is C16H13N3O2. The van der Waals surface area contributed by atoms with E-state index in [0.717, 1.165) is 22.2 Å². The third-order valence-electron chi connectivity index (χ3n) is 3.30. The Labute approximate surface area is 121 Å². The fourth-order valence-corrected chi connectivity index (χ4v) is 2.21. The summed E-state index contributed by atoms with van der Waals surface area (Å²) in [6.07, 6.45) is 1.79. The van der Waals surface area contributed by atoms with Crippen LogP contribution < -0.4 is 5.32 Å². The van der Waals surface area contributed by atoms with Crippen LogP contribution in [0.1, 0.15) is 5.56 Å². The molecule has 0 bridgehead atoms. The van der Waals surface area contributed by atoms with Crippen LogP contribution in [-0.4, -0.2) is 9.91 Å². The van der Waals surface area contributed by atoms with Crippen LogP contribution in [0.2, 0.25) is 0 Å². The molecule has 0 saturated carbocycles. The van der Waals surface area contributed by atoms with Crippen LogP contribution in [0.15, 0.2) is 60.8 Å². The number of nitro benzene ring substituents is 1. The number of anilines is 1. The molecule has 0 aliphatic rings. The molecule has 2 aromatic carbocycles. The van der Waals surface area contributed by atoms with Crippen molar-refractivity contribution in [3.63, 3.8) is 0 Å². The first kappa shape index (κ1) is 13.1. The zero-order valence-electron chi connectivity index (χ0n) is 11.2. The molecule has 0 atom stereocenters. The summed E-state index contributed by atoms with van der Waals surface area (Å²) >= 11 is 0. The molecule has 5 heteroatoms. The number of hydrogen-bond donors (Lipinski definition) is 1. The Morgan fingerprint density at radius 2 is 1.81 bits per heavy atom. The molecule has 3 rings (SSSR count). The van der Waals surface area contributed by atoms with Crippen LogP contribution in [0.3, 0.4) is 0 Å². The predicted molar refractivity (Wildman–Crippen MR) is 82.2 cm³/mol. The van der Waals surface area contributed by atoms with Gasteiger partial charge in [0, 0.05) is 35.9 Å². The van der Waals surface area contributed by atoms with Gasteiger partial charge in [0.15, 0.2) is 0 Å². The number of para-hydroxylation sites is 1. The Hall–Kier alpha value is -2.95. The lowest BCUT2D eigenvalue weighted by Crippen LogP contribution is -2.00. The summed E-state index contributed by atoms with van der Waals surface area (Å²) in [6, 6.07) is 16.3. The third kappa shape index (κ3) is 2.81. The summed E-state index contributed by atoms with van der Waals surface area (Å²) in [6.45, 7) is 0.640. The number of pyridine rings is 1. The highest BCUT2D eigenvalue weighted by atomic mass is 16.6. The van der Waals surface area contributed by atoms with E-state index < -0.39 is 4.92 Å². The molecule has 0 radical (unpaired) electrons. The lowest BCUT2D eigenvalue weighted by Gasteiger charge is -2.08. The quantitative estimate of drug-likeness (QED) is 0.583. The predicted octanol–water partition coefficient (Wildman–Crippen LogP) is 3.76. The van der Waals surface area contributed by atoms with Gasteiger partial charge in [-0.3, -0.25) is 15.1 Å². The van der Waals surface area contributed by atoms with E-state index in [-0.39, 0.29) is 5.69 Å². The molecule has 0 fully saturated rings. The molecule has 5 nitrogen and oxygen atoms in total. The highest BCUT2D eigenvalue weighted by Gasteiger charge is 2.04. The molecule has 21 heavy (non-hydrogen) atoms. The number of aromatic nitrogens is 1. The molecular weight excluding hydrogens is 266 g/mol. The Morgan fingerprint density at radius 3 is 2.57 bits per heavy atom. The van der Waals surface area contributed by atoms with E-state index in [0.29, 0.717) is 6.54 Å². The Balaban J connectivity index is 1.79. The lowest BCUT2D eigenvalue weighted by molar-refractivity contribution is -0.384. The van der Waals surface area contributed by atoms with Gasteiger partial charge in [-0.05, 0) is 29.8 Å². The maximum atomic E-state index is 10.6. The van der Waals surface area contributed by atoms with Crippen molar-refractivity contribution in [1.29, 1.82) is 0 Å². The molecule has 1 heterocycles. The van der Waals surface area contributed by atoms with E-state index >= 15 is 0 Å². The standard InChI is InChI=1S/C16H13N3O2/c20-19(21)14-7-5-13(6-8-14)18-11-12-9-10-17-16-4-2-1-3-15(12)16/h1-10,18H,11H2. The minimum Gasteiger partial charge on any atom is -0.381 e. The van der Waals surface area contributed by atoms with E-state index in [1.54, 1.807) is 18.3 Å². The highest BCUT2D eigenvalue weighted by Crippen LogP contribution is 2.19. The van der Waals surface area contributed by atoms with Crippen LogP contribution in [0.4, 0.5) is 11.4 Å². The lowest BCUT2D eigenvalue weighted by atomic mass is 10.1. The number of benzene rings is 2. The van der Waals surface area contributed by atoms with Crippen molar-refractivity contribution in [2.75, 3.05) is 5.32 Å². The largest absolute Gasteiger partial charge is 0.381 e. The van der Waals surface area contributed by atoms with Gasteiger partial charge in [-0.2, -0.15) is 0 Å². The van der Waals surface area contributed by atoms with E-state index in [2.05, 4.69) is 10.3 Å². The van der Waals surface area contributed by atoms with Crippen LogP contribution in [0, 0.1) is 10.1 Å². The minimum absolute atomic E-state index is 0.0925. The first-order valence-electron chi connectivity index (χ1n) is 6.55. The summed E-state index contributed by atoms with van der Waals surface area (Å²) in [5.74, 6) is 0. The molecule has 0 amide bonds. The van der Waals surface area contributed by atoms with Gasteiger partial charge in [0.05, 0.1) is 10.4 Å². The van der Waals surface area contributed by atoms with E-state index in [1.807, 2.05) is 30.3 Å². The Morgan fingerprint density at radius 1 is 1.05 bits per heavy atom. The fourth-order valence-electron chi connectivity index (χ4n) is 2.21. The molecule has 0 spiro atoms. The molecule has 0 aliphatic heterocycles. The minimum atomic E-state index is -0.403. The van der Waals surface area contributed by atoms with Gasteiger partial charge in [0.25, 0.3) is 5.69 Å². The SMILES string of the molecule is O=[N+]([O-])c1ccc(NCc2ccnc3ccccc23)cc1. The summed E-state index contributed by atoms with van der Waals surface area (Å²) in [7, 11) is 0. The second kappa shape index (κ2) is 5.58. The van der Waals surface area contributed by atoms with Gasteiger partial charge in [-0.15, -0.1) is 0 Å². The number of rotatable bonds is 4. The molecule has 3 aromatic rings. The fraction of sp³-hybridized carbons (Fsp3) is 0.0625. The second-order valence-corrected chi connectivity index (χ2v) is 4.64. The summed E-state index contributed by atoms with van der Waals surface area (Å²) in [4.78, 5) is 14.5. The van der Waals surface area contributed by atoms with Gasteiger partial charge in [0.1, 0.15) is 0 Å². The summed E-state index contributed by atoms with van der Waals surface area (Å²) in [5.41, 5.74) is 3.04. The number of fused-ring (bicyclic) bond motifs is 1. The van der Waals surface area contributed by atoms with Crippen molar-refractivity contribution >= 4 is 22.3 Å². The van der Waals surface area contributed by atoms with Gasteiger partial charge in [-0.1, -0.05) is 18.2 Å². The zero-order valence-corrected chi connectivity index (χ0v) is 11.2. The number of nitrogens with zero attached hydrogens (tertiary/aromatic N) is 2. The molecule has 0 saturated heterocycles. The normalized spacial score (nSPS) is 10.5. The number of nitrogens with one attached hydrogen (secondary N) is 1. The average Bonchev–Trinajstić information content (AvgIpc) is 2.53. The first-order valence-corrected chi connectivity index (χ1v) is 6.55. The van der Waals surface area contributed by atoms with Crippen molar-refractivity contribution < 1.29 is 4.92 Å². The molecule has 1 aromatic heterocycles. The zero-order chi connectivity index (χ0) is 14.7. The van der Waals surface area contributed by atoms with E-state index in [1.165, 1.54) is 12.1 Å². The van der Waals surface area contributed by atoms with Crippen LogP contribution >= 0.6 is 0 Å². The molecule has 104 valence electrons. The maximum absolute atomic E-state index is 10.6. The average molecular weight is 279 g/mol. The van der Waals surface area contributed by atoms with E-state index in [4.69, 9.17) is 0 Å². The van der Waals surface area contributed by atoms with Crippen LogP contribution in [-0.2, 0) is 6.54 Å². The summed E-state index contributed by atoms with van der Waals surface area (Å²) < 4.78 is 0. The van der Waals surface area contributed by atoms with Crippen molar-refractivity contribution in [3.8, 4) is 0 Å². The van der Waals surface area contributed by atoms with Crippen LogP contribution in [0.25, 0.3) is 10.9 Å². The van der Waals surface area contributed by atoms with Crippen LogP contribution in [0.5, 0.6) is 0 Å².